The van der Waals surface area contributed by atoms with Crippen LogP contribution in [0.4, 0.5) is 0 Å². The number of hydrogen-bond acceptors (Lipinski definition) is 2. The van der Waals surface area contributed by atoms with Crippen LogP contribution in [0.25, 0.3) is 6.08 Å². The molecule has 0 aliphatic carbocycles. The second-order valence-electron chi connectivity index (χ2n) is 4.17. The zero-order valence-corrected chi connectivity index (χ0v) is 11.1. The van der Waals surface area contributed by atoms with Crippen LogP contribution in [0.2, 0.25) is 0 Å². The maximum atomic E-state index is 5.48. The second kappa shape index (κ2) is 7.91. The number of nitrogens with one attached hydrogen (secondary N) is 1. The normalized spacial score (nSPS) is 11.6. The van der Waals surface area contributed by atoms with E-state index in [0.29, 0.717) is 6.61 Å². The molecule has 94 valence electrons. The van der Waals surface area contributed by atoms with Gasteiger partial charge in [-0.25, -0.2) is 0 Å². The molecule has 0 saturated heterocycles. The van der Waals surface area contributed by atoms with Crippen molar-refractivity contribution in [3.05, 3.63) is 35.4 Å². The molecule has 0 atom stereocenters. The van der Waals surface area contributed by atoms with E-state index in [4.69, 9.17) is 4.74 Å². The highest BCUT2D eigenvalue weighted by Crippen LogP contribution is 2.15. The average molecular weight is 233 g/mol. The molecule has 0 heterocycles. The summed E-state index contributed by atoms with van der Waals surface area (Å²) >= 11 is 0. The first-order chi connectivity index (χ1) is 8.26. The molecule has 0 unspecified atom stereocenters. The molecule has 0 aromatic heterocycles. The molecule has 0 spiro atoms. The van der Waals surface area contributed by atoms with Crippen LogP contribution in [0.3, 0.4) is 0 Å². The van der Waals surface area contributed by atoms with E-state index in [1.165, 1.54) is 17.6 Å². The highest BCUT2D eigenvalue weighted by molar-refractivity contribution is 5.54. The molecule has 0 bridgehead atoms. The molecule has 17 heavy (non-hydrogen) atoms. The number of hydrogen-bond donors (Lipinski definition) is 1. The van der Waals surface area contributed by atoms with Crippen molar-refractivity contribution < 1.29 is 4.74 Å². The lowest BCUT2D eigenvalue weighted by Crippen LogP contribution is -2.16. The molecule has 1 aromatic rings. The summed E-state index contributed by atoms with van der Waals surface area (Å²) in [4.78, 5) is 0. The van der Waals surface area contributed by atoms with Crippen molar-refractivity contribution in [1.82, 2.24) is 5.32 Å². The number of ether oxygens (including phenoxy) is 1. The van der Waals surface area contributed by atoms with E-state index in [0.717, 1.165) is 18.8 Å². The third-order valence-electron chi connectivity index (χ3n) is 2.41. The van der Waals surface area contributed by atoms with Gasteiger partial charge in [-0.1, -0.05) is 30.7 Å². The summed E-state index contributed by atoms with van der Waals surface area (Å²) in [7, 11) is 0. The predicted octanol–water partition coefficient (Wildman–Crippen LogP) is 3.49. The maximum absolute atomic E-state index is 5.48. The van der Waals surface area contributed by atoms with Gasteiger partial charge >= 0.3 is 0 Å². The molecule has 2 nitrogen and oxygen atoms in total. The Hall–Kier alpha value is -1.28. The third-order valence-corrected chi connectivity index (χ3v) is 2.41. The highest BCUT2D eigenvalue weighted by atomic mass is 16.5. The van der Waals surface area contributed by atoms with Crippen LogP contribution in [0.15, 0.2) is 29.8 Å². The molecule has 0 aliphatic heterocycles. The lowest BCUT2D eigenvalue weighted by Gasteiger charge is -2.05. The molecule has 0 aliphatic rings. The van der Waals surface area contributed by atoms with Gasteiger partial charge < -0.3 is 10.1 Å². The predicted molar refractivity (Wildman–Crippen MR) is 74.4 cm³/mol. The van der Waals surface area contributed by atoms with E-state index in [-0.39, 0.29) is 0 Å². The minimum absolute atomic E-state index is 0.713. The van der Waals surface area contributed by atoms with Gasteiger partial charge in [0.15, 0.2) is 0 Å². The summed E-state index contributed by atoms with van der Waals surface area (Å²) in [6.07, 6.45) is 3.37. The molecule has 1 aromatic carbocycles. The van der Waals surface area contributed by atoms with Gasteiger partial charge in [-0.2, -0.15) is 0 Å². The van der Waals surface area contributed by atoms with Crippen molar-refractivity contribution in [3.8, 4) is 5.75 Å². The van der Waals surface area contributed by atoms with Crippen LogP contribution >= 0.6 is 0 Å². The Bertz CT molecular complexity index is 358. The van der Waals surface area contributed by atoms with Crippen molar-refractivity contribution >= 4 is 6.08 Å². The van der Waals surface area contributed by atoms with Gasteiger partial charge in [0.2, 0.25) is 0 Å². The summed E-state index contributed by atoms with van der Waals surface area (Å²) in [6, 6.07) is 8.20. The van der Waals surface area contributed by atoms with Crippen LogP contribution in [0, 0.1) is 0 Å². The van der Waals surface area contributed by atoms with E-state index < -0.39 is 0 Å². The third kappa shape index (κ3) is 5.55. The first-order valence-electron chi connectivity index (χ1n) is 6.37. The molecule has 0 saturated carbocycles. The van der Waals surface area contributed by atoms with Crippen LogP contribution in [-0.2, 0) is 0 Å². The van der Waals surface area contributed by atoms with E-state index >= 15 is 0 Å². The Kier molecular flexibility index (Phi) is 6.41. The number of rotatable bonds is 7. The monoisotopic (exact) mass is 233 g/mol. The van der Waals surface area contributed by atoms with Crippen molar-refractivity contribution in [1.29, 1.82) is 0 Å². The topological polar surface area (TPSA) is 21.3 Å². The van der Waals surface area contributed by atoms with Crippen LogP contribution in [-0.4, -0.2) is 19.7 Å². The fourth-order valence-corrected chi connectivity index (χ4v) is 1.66. The molecular weight excluding hydrogens is 210 g/mol. The van der Waals surface area contributed by atoms with Gasteiger partial charge in [-0.05, 0) is 44.5 Å². The Balaban J connectivity index is 2.59. The van der Waals surface area contributed by atoms with Gasteiger partial charge in [0.05, 0.1) is 6.61 Å². The van der Waals surface area contributed by atoms with E-state index in [1.54, 1.807) is 0 Å². The first kappa shape index (κ1) is 13.8. The molecule has 1 rings (SSSR count). The van der Waals surface area contributed by atoms with Crippen LogP contribution in [0.5, 0.6) is 5.75 Å². The molecule has 0 amide bonds. The zero-order valence-electron chi connectivity index (χ0n) is 11.1. The average Bonchev–Trinajstić information content (AvgIpc) is 2.30. The van der Waals surface area contributed by atoms with Crippen molar-refractivity contribution in [2.45, 2.75) is 27.2 Å². The Morgan fingerprint density at radius 2 is 2.18 bits per heavy atom. The van der Waals surface area contributed by atoms with Gasteiger partial charge in [0.1, 0.15) is 5.75 Å². The van der Waals surface area contributed by atoms with Gasteiger partial charge in [0.25, 0.3) is 0 Å². The summed E-state index contributed by atoms with van der Waals surface area (Å²) in [6.45, 7) is 9.07. The van der Waals surface area contributed by atoms with Crippen molar-refractivity contribution in [3.63, 3.8) is 0 Å². The molecule has 2 heteroatoms. The Morgan fingerprint density at radius 3 is 2.88 bits per heavy atom. The SMILES string of the molecule is CCCNCC(C)=Cc1cccc(OCC)c1. The largest absolute Gasteiger partial charge is 0.494 e. The highest BCUT2D eigenvalue weighted by Gasteiger charge is 1.95. The minimum atomic E-state index is 0.713. The standard InChI is InChI=1S/C15H23NO/c1-4-9-16-12-13(3)10-14-7-6-8-15(11-14)17-5-2/h6-8,10-11,16H,4-5,9,12H2,1-3H3. The van der Waals surface area contributed by atoms with Crippen molar-refractivity contribution in [2.75, 3.05) is 19.7 Å². The minimum Gasteiger partial charge on any atom is -0.494 e. The summed E-state index contributed by atoms with van der Waals surface area (Å²) in [5.74, 6) is 0.940. The fourth-order valence-electron chi connectivity index (χ4n) is 1.66. The van der Waals surface area contributed by atoms with E-state index in [2.05, 4.69) is 37.4 Å². The van der Waals surface area contributed by atoms with Crippen LogP contribution in [0.1, 0.15) is 32.8 Å². The van der Waals surface area contributed by atoms with Gasteiger partial charge in [-0.15, -0.1) is 0 Å². The second-order valence-corrected chi connectivity index (χ2v) is 4.17. The molecule has 1 N–H and O–H groups in total. The molecule has 0 radical (unpaired) electrons. The van der Waals surface area contributed by atoms with E-state index in [9.17, 15) is 0 Å². The lowest BCUT2D eigenvalue weighted by molar-refractivity contribution is 0.340. The summed E-state index contributed by atoms with van der Waals surface area (Å²) in [5.41, 5.74) is 2.54. The van der Waals surface area contributed by atoms with E-state index in [1.807, 2.05) is 19.1 Å². The van der Waals surface area contributed by atoms with Crippen molar-refractivity contribution in [2.24, 2.45) is 0 Å². The Morgan fingerprint density at radius 1 is 1.35 bits per heavy atom. The Labute approximate surface area is 105 Å². The lowest BCUT2D eigenvalue weighted by atomic mass is 10.1. The van der Waals surface area contributed by atoms with Gasteiger partial charge in [0, 0.05) is 6.54 Å². The molecule has 0 fully saturated rings. The van der Waals surface area contributed by atoms with Crippen LogP contribution < -0.4 is 10.1 Å². The summed E-state index contributed by atoms with van der Waals surface area (Å²) < 4.78 is 5.48. The van der Waals surface area contributed by atoms with Gasteiger partial charge in [-0.3, -0.25) is 0 Å². The fraction of sp³-hybridized carbons (Fsp3) is 0.467. The summed E-state index contributed by atoms with van der Waals surface area (Å²) in [5, 5.41) is 3.40. The number of benzene rings is 1. The quantitative estimate of drug-likeness (QED) is 0.728. The first-order valence-corrected chi connectivity index (χ1v) is 6.37. The zero-order chi connectivity index (χ0) is 12.5. The smallest absolute Gasteiger partial charge is 0.119 e. The molecular formula is C15H23NO. The maximum Gasteiger partial charge on any atom is 0.119 e.